The number of hydrogen-bond donors (Lipinski definition) is 2. The normalized spacial score (nSPS) is 21.7. The molecule has 0 aromatic heterocycles. The number of nitrogens with one attached hydrogen (secondary N) is 2. The number of hydrogen-bond acceptors (Lipinski definition) is 4. The Kier molecular flexibility index (Phi) is 5.58. The van der Waals surface area contributed by atoms with E-state index in [1.807, 2.05) is 13.8 Å². The number of carbonyl (C=O) groups is 2. The lowest BCUT2D eigenvalue weighted by Crippen LogP contribution is -2.65. The second-order valence-electron chi connectivity index (χ2n) is 6.21. The summed E-state index contributed by atoms with van der Waals surface area (Å²) >= 11 is 0. The van der Waals surface area contributed by atoms with Crippen LogP contribution < -0.4 is 10.6 Å². The number of carbonyl (C=O) groups excluding carboxylic acids is 2. The lowest BCUT2D eigenvalue weighted by Gasteiger charge is -2.50. The monoisotopic (exact) mass is 297 g/mol. The third-order valence-electron chi connectivity index (χ3n) is 4.31. The molecule has 2 fully saturated rings. The van der Waals surface area contributed by atoms with Gasteiger partial charge in [0.15, 0.2) is 0 Å². The van der Waals surface area contributed by atoms with Gasteiger partial charge in [0.2, 0.25) is 11.8 Å². The van der Waals surface area contributed by atoms with Crippen LogP contribution in [0.15, 0.2) is 0 Å². The highest BCUT2D eigenvalue weighted by Crippen LogP contribution is 2.38. The summed E-state index contributed by atoms with van der Waals surface area (Å²) in [4.78, 5) is 26.4. The van der Waals surface area contributed by atoms with Crippen molar-refractivity contribution in [2.75, 3.05) is 32.8 Å². The third-order valence-corrected chi connectivity index (χ3v) is 4.31. The number of rotatable bonds is 6. The van der Waals surface area contributed by atoms with E-state index in [2.05, 4.69) is 15.5 Å². The van der Waals surface area contributed by atoms with Gasteiger partial charge >= 0.3 is 0 Å². The number of ether oxygens (including phenoxy) is 1. The molecule has 6 nitrogen and oxygen atoms in total. The number of nitrogens with zero attached hydrogens (tertiary/aromatic N) is 1. The summed E-state index contributed by atoms with van der Waals surface area (Å²) in [5.74, 6) is 0.0623. The van der Waals surface area contributed by atoms with Gasteiger partial charge in [0.1, 0.15) is 5.54 Å². The molecule has 0 atom stereocenters. The fraction of sp³-hybridized carbons (Fsp3) is 0.867. The summed E-state index contributed by atoms with van der Waals surface area (Å²) in [6.45, 7) is 7.31. The minimum Gasteiger partial charge on any atom is -0.379 e. The van der Waals surface area contributed by atoms with Gasteiger partial charge in [-0.05, 0) is 33.1 Å². The summed E-state index contributed by atoms with van der Waals surface area (Å²) in [5.41, 5.74) is -0.349. The van der Waals surface area contributed by atoms with Crippen LogP contribution in [0.2, 0.25) is 0 Å². The molecular formula is C15H27N3O3. The van der Waals surface area contributed by atoms with Crippen LogP contribution in [0.1, 0.15) is 39.5 Å². The molecule has 120 valence electrons. The van der Waals surface area contributed by atoms with E-state index >= 15 is 0 Å². The summed E-state index contributed by atoms with van der Waals surface area (Å²) in [7, 11) is 0. The zero-order chi connectivity index (χ0) is 15.3. The SMILES string of the molecule is CC(C)NC(=O)CCNC(=O)C1(N2CCOCC2)CCC1. The van der Waals surface area contributed by atoms with Crippen molar-refractivity contribution in [2.24, 2.45) is 0 Å². The highest BCUT2D eigenvalue weighted by atomic mass is 16.5. The molecule has 2 amide bonds. The molecule has 2 N–H and O–H groups in total. The first-order valence-electron chi connectivity index (χ1n) is 7.95. The predicted octanol–water partition coefficient (Wildman–Crippen LogP) is 0.272. The highest BCUT2D eigenvalue weighted by Gasteiger charge is 2.48. The van der Waals surface area contributed by atoms with Gasteiger partial charge in [0.25, 0.3) is 0 Å². The van der Waals surface area contributed by atoms with Gasteiger partial charge in [-0.1, -0.05) is 0 Å². The fourth-order valence-corrected chi connectivity index (χ4v) is 3.04. The Hall–Kier alpha value is -1.14. The molecule has 1 aliphatic heterocycles. The molecule has 1 aliphatic carbocycles. The fourth-order valence-electron chi connectivity index (χ4n) is 3.04. The smallest absolute Gasteiger partial charge is 0.240 e. The van der Waals surface area contributed by atoms with Crippen LogP contribution in [-0.2, 0) is 14.3 Å². The van der Waals surface area contributed by atoms with Gasteiger partial charge in [-0.25, -0.2) is 0 Å². The first-order chi connectivity index (χ1) is 10.0. The molecule has 1 saturated carbocycles. The largest absolute Gasteiger partial charge is 0.379 e. The van der Waals surface area contributed by atoms with E-state index in [4.69, 9.17) is 4.74 Å². The molecule has 2 aliphatic rings. The third kappa shape index (κ3) is 3.95. The zero-order valence-corrected chi connectivity index (χ0v) is 13.1. The van der Waals surface area contributed by atoms with E-state index in [0.717, 1.165) is 32.4 Å². The lowest BCUT2D eigenvalue weighted by molar-refractivity contribution is -0.144. The Morgan fingerprint density at radius 2 is 1.90 bits per heavy atom. The molecule has 0 bridgehead atoms. The van der Waals surface area contributed by atoms with E-state index < -0.39 is 0 Å². The van der Waals surface area contributed by atoms with Crippen LogP contribution in [0.3, 0.4) is 0 Å². The van der Waals surface area contributed by atoms with Crippen LogP contribution in [0, 0.1) is 0 Å². The second-order valence-corrected chi connectivity index (χ2v) is 6.21. The maximum absolute atomic E-state index is 12.5. The molecule has 0 spiro atoms. The highest BCUT2D eigenvalue weighted by molar-refractivity contribution is 5.88. The number of amides is 2. The van der Waals surface area contributed by atoms with Crippen molar-refractivity contribution in [3.05, 3.63) is 0 Å². The minimum absolute atomic E-state index is 0.0145. The molecule has 0 unspecified atom stereocenters. The molecule has 2 rings (SSSR count). The Labute approximate surface area is 126 Å². The van der Waals surface area contributed by atoms with Crippen molar-refractivity contribution in [2.45, 2.75) is 51.1 Å². The van der Waals surface area contributed by atoms with E-state index in [1.54, 1.807) is 0 Å². The average molecular weight is 297 g/mol. The quantitative estimate of drug-likeness (QED) is 0.738. The predicted molar refractivity (Wildman–Crippen MR) is 79.9 cm³/mol. The van der Waals surface area contributed by atoms with E-state index in [-0.39, 0.29) is 23.4 Å². The van der Waals surface area contributed by atoms with Gasteiger partial charge in [-0.3, -0.25) is 14.5 Å². The Morgan fingerprint density at radius 1 is 1.24 bits per heavy atom. The van der Waals surface area contributed by atoms with Gasteiger partial charge in [0, 0.05) is 32.1 Å². The first-order valence-corrected chi connectivity index (χ1v) is 7.95. The molecule has 0 radical (unpaired) electrons. The standard InChI is InChI=1S/C15H27N3O3/c1-12(2)17-13(19)4-7-16-14(20)15(5-3-6-15)18-8-10-21-11-9-18/h12H,3-11H2,1-2H3,(H,16,20)(H,17,19). The van der Waals surface area contributed by atoms with Crippen LogP contribution in [0.25, 0.3) is 0 Å². The first kappa shape index (κ1) is 16.2. The van der Waals surface area contributed by atoms with Crippen LogP contribution in [0.4, 0.5) is 0 Å². The summed E-state index contributed by atoms with van der Waals surface area (Å²) in [5, 5.41) is 5.77. The average Bonchev–Trinajstić information content (AvgIpc) is 2.37. The topological polar surface area (TPSA) is 70.7 Å². The van der Waals surface area contributed by atoms with Crippen LogP contribution >= 0.6 is 0 Å². The molecular weight excluding hydrogens is 270 g/mol. The van der Waals surface area contributed by atoms with Crippen LogP contribution in [0.5, 0.6) is 0 Å². The van der Waals surface area contributed by atoms with Crippen LogP contribution in [-0.4, -0.2) is 61.1 Å². The van der Waals surface area contributed by atoms with Gasteiger partial charge < -0.3 is 15.4 Å². The summed E-state index contributed by atoms with van der Waals surface area (Å²) in [6.07, 6.45) is 3.26. The molecule has 0 aromatic carbocycles. The minimum atomic E-state index is -0.349. The van der Waals surface area contributed by atoms with Gasteiger partial charge in [0.05, 0.1) is 13.2 Å². The lowest BCUT2D eigenvalue weighted by atomic mass is 9.74. The zero-order valence-electron chi connectivity index (χ0n) is 13.1. The molecule has 0 aromatic rings. The summed E-state index contributed by atoms with van der Waals surface area (Å²) < 4.78 is 5.37. The maximum Gasteiger partial charge on any atom is 0.240 e. The Bertz CT molecular complexity index is 374. The Balaban J connectivity index is 1.79. The van der Waals surface area contributed by atoms with E-state index in [9.17, 15) is 9.59 Å². The van der Waals surface area contributed by atoms with Crippen molar-refractivity contribution in [1.82, 2.24) is 15.5 Å². The summed E-state index contributed by atoms with van der Waals surface area (Å²) in [6, 6.07) is 0.138. The molecule has 21 heavy (non-hydrogen) atoms. The van der Waals surface area contributed by atoms with Crippen molar-refractivity contribution in [3.8, 4) is 0 Å². The van der Waals surface area contributed by atoms with Crippen molar-refractivity contribution < 1.29 is 14.3 Å². The van der Waals surface area contributed by atoms with Crippen molar-refractivity contribution in [1.29, 1.82) is 0 Å². The molecule has 1 heterocycles. The van der Waals surface area contributed by atoms with Crippen molar-refractivity contribution in [3.63, 3.8) is 0 Å². The maximum atomic E-state index is 12.5. The Morgan fingerprint density at radius 3 is 2.43 bits per heavy atom. The van der Waals surface area contributed by atoms with Gasteiger partial charge in [-0.15, -0.1) is 0 Å². The van der Waals surface area contributed by atoms with E-state index in [1.165, 1.54) is 0 Å². The molecule has 1 saturated heterocycles. The van der Waals surface area contributed by atoms with Crippen molar-refractivity contribution >= 4 is 11.8 Å². The van der Waals surface area contributed by atoms with Gasteiger partial charge in [-0.2, -0.15) is 0 Å². The van der Waals surface area contributed by atoms with E-state index in [0.29, 0.717) is 26.2 Å². The number of morpholine rings is 1. The molecule has 6 heteroatoms. The second kappa shape index (κ2) is 7.22.